The highest BCUT2D eigenvalue weighted by atomic mass is 32.2. The minimum absolute atomic E-state index is 0.0265. The number of ether oxygens (including phenoxy) is 1. The molecule has 0 saturated carbocycles. The lowest BCUT2D eigenvalue weighted by Gasteiger charge is -2.25. The van der Waals surface area contributed by atoms with Crippen molar-refractivity contribution in [1.29, 1.82) is 0 Å². The number of carbonyl (C=O) groups excluding carboxylic acids is 2. The summed E-state index contributed by atoms with van der Waals surface area (Å²) in [5, 5.41) is 15.2. The Balaban J connectivity index is 1.50. The number of amides is 2. The van der Waals surface area contributed by atoms with Crippen LogP contribution in [0.25, 0.3) is 0 Å². The van der Waals surface area contributed by atoms with Crippen molar-refractivity contribution in [3.8, 4) is 0 Å². The summed E-state index contributed by atoms with van der Waals surface area (Å²) < 4.78 is 6.97. The molecule has 1 unspecified atom stereocenters. The fourth-order valence-corrected chi connectivity index (χ4v) is 4.86. The quantitative estimate of drug-likeness (QED) is 0.125. The van der Waals surface area contributed by atoms with E-state index in [0.717, 1.165) is 55.3 Å². The minimum Gasteiger partial charge on any atom is -0.475 e. The van der Waals surface area contributed by atoms with Crippen molar-refractivity contribution in [1.82, 2.24) is 15.8 Å². The molecule has 33 heavy (non-hydrogen) atoms. The number of thiazole rings is 1. The van der Waals surface area contributed by atoms with E-state index in [-0.39, 0.29) is 23.3 Å². The van der Waals surface area contributed by atoms with Gasteiger partial charge in [-0.15, -0.1) is 11.8 Å². The number of hydrogen-bond acceptors (Lipinski definition) is 9. The third-order valence-corrected chi connectivity index (χ3v) is 7.23. The second-order valence-corrected chi connectivity index (χ2v) is 11.4. The molecule has 4 N–H and O–H groups in total. The first-order chi connectivity index (χ1) is 15.8. The van der Waals surface area contributed by atoms with Crippen LogP contribution >= 0.6 is 23.1 Å². The van der Waals surface area contributed by atoms with Crippen LogP contribution in [0, 0.1) is 5.41 Å². The van der Waals surface area contributed by atoms with Gasteiger partial charge >= 0.3 is 0 Å². The summed E-state index contributed by atoms with van der Waals surface area (Å²) in [6, 6.07) is 0. The summed E-state index contributed by atoms with van der Waals surface area (Å²) in [5.41, 5.74) is 1.72. The maximum Gasteiger partial charge on any atom is 0.243 e. The number of anilines is 1. The molecule has 1 aliphatic heterocycles. The first-order valence-electron chi connectivity index (χ1n) is 11.5. The number of hydrogen-bond donors (Lipinski definition) is 4. The van der Waals surface area contributed by atoms with Crippen LogP contribution in [0.15, 0.2) is 15.4 Å². The lowest BCUT2D eigenvalue weighted by atomic mass is 9.89. The van der Waals surface area contributed by atoms with Gasteiger partial charge in [0, 0.05) is 18.3 Å². The number of nitrogens with one attached hydrogen (secondary N) is 3. The van der Waals surface area contributed by atoms with Crippen molar-refractivity contribution in [3.63, 3.8) is 0 Å². The number of aliphatic imine (C=N–C) groups is 1. The Morgan fingerprint density at radius 1 is 1.15 bits per heavy atom. The third-order valence-electron chi connectivity index (χ3n) is 5.14. The Labute approximate surface area is 204 Å². The molecule has 2 amide bonds. The van der Waals surface area contributed by atoms with Crippen LogP contribution in [-0.4, -0.2) is 59.4 Å². The van der Waals surface area contributed by atoms with E-state index < -0.39 is 0 Å². The number of hydroxylamine groups is 1. The molecule has 1 aromatic rings. The largest absolute Gasteiger partial charge is 0.475 e. The number of rotatable bonds is 15. The first-order valence-corrected chi connectivity index (χ1v) is 13.3. The Morgan fingerprint density at radius 2 is 1.88 bits per heavy atom. The predicted octanol–water partition coefficient (Wildman–Crippen LogP) is 3.84. The van der Waals surface area contributed by atoms with Gasteiger partial charge in [-0.05, 0) is 32.4 Å². The molecule has 0 saturated heterocycles. The van der Waals surface area contributed by atoms with Gasteiger partial charge < -0.3 is 15.4 Å². The SMILES string of the molecule is CC(C)(C)C1CN=C(CSc2cnc(NC(=O)CCCNCCCCCCC(=O)NO)s2)O1. The summed E-state index contributed by atoms with van der Waals surface area (Å²) in [5.74, 6) is 1.09. The molecule has 0 aromatic carbocycles. The summed E-state index contributed by atoms with van der Waals surface area (Å²) in [7, 11) is 0. The Kier molecular flexibility index (Phi) is 12.1. The molecule has 11 heteroatoms. The van der Waals surface area contributed by atoms with E-state index in [1.54, 1.807) is 23.4 Å². The average molecular weight is 500 g/mol. The highest BCUT2D eigenvalue weighted by molar-refractivity contribution is 8.01. The van der Waals surface area contributed by atoms with Crippen molar-refractivity contribution in [2.75, 3.05) is 30.7 Å². The lowest BCUT2D eigenvalue weighted by molar-refractivity contribution is -0.129. The van der Waals surface area contributed by atoms with Crippen molar-refractivity contribution < 1.29 is 19.5 Å². The zero-order valence-electron chi connectivity index (χ0n) is 19.8. The highest BCUT2D eigenvalue weighted by Gasteiger charge is 2.31. The van der Waals surface area contributed by atoms with Crippen molar-refractivity contribution in [3.05, 3.63) is 6.20 Å². The van der Waals surface area contributed by atoms with Gasteiger partial charge in [-0.2, -0.15) is 0 Å². The molecule has 9 nitrogen and oxygen atoms in total. The van der Waals surface area contributed by atoms with Gasteiger partial charge in [-0.3, -0.25) is 19.8 Å². The van der Waals surface area contributed by atoms with E-state index in [9.17, 15) is 9.59 Å². The van der Waals surface area contributed by atoms with Gasteiger partial charge in [0.2, 0.25) is 11.8 Å². The van der Waals surface area contributed by atoms with Gasteiger partial charge in [-0.25, -0.2) is 10.5 Å². The molecule has 0 aliphatic carbocycles. The second-order valence-electron chi connectivity index (χ2n) is 9.08. The van der Waals surface area contributed by atoms with Gasteiger partial charge in [0.15, 0.2) is 11.0 Å². The van der Waals surface area contributed by atoms with E-state index in [4.69, 9.17) is 9.94 Å². The van der Waals surface area contributed by atoms with Crippen LogP contribution in [0.1, 0.15) is 65.7 Å². The smallest absolute Gasteiger partial charge is 0.243 e. The molecule has 0 bridgehead atoms. The standard InChI is InChI=1S/C22H37N5O4S2/c1-22(2,3)16-13-24-19(31-16)15-32-20-14-25-21(33-20)26-17(28)10-8-12-23-11-7-5-4-6-9-18(29)27-30/h14,16,23,30H,4-13,15H2,1-3H3,(H,27,29)(H,25,26,28). The fraction of sp³-hybridized carbons (Fsp3) is 0.727. The van der Waals surface area contributed by atoms with E-state index in [2.05, 4.69) is 41.4 Å². The summed E-state index contributed by atoms with van der Waals surface area (Å²) in [6.45, 7) is 8.87. The van der Waals surface area contributed by atoms with E-state index in [0.29, 0.717) is 30.3 Å². The summed E-state index contributed by atoms with van der Waals surface area (Å²) in [4.78, 5) is 31.8. The lowest BCUT2D eigenvalue weighted by Crippen LogP contribution is -2.29. The highest BCUT2D eigenvalue weighted by Crippen LogP contribution is 2.31. The van der Waals surface area contributed by atoms with Crippen LogP contribution in [-0.2, 0) is 14.3 Å². The van der Waals surface area contributed by atoms with E-state index in [1.165, 1.54) is 11.3 Å². The monoisotopic (exact) mass is 499 g/mol. The number of unbranched alkanes of at least 4 members (excludes halogenated alkanes) is 3. The van der Waals surface area contributed by atoms with Gasteiger partial charge in [0.05, 0.1) is 22.7 Å². The summed E-state index contributed by atoms with van der Waals surface area (Å²) >= 11 is 3.09. The van der Waals surface area contributed by atoms with Crippen LogP contribution in [0.5, 0.6) is 0 Å². The molecule has 0 spiro atoms. The molecule has 2 heterocycles. The number of thioether (sulfide) groups is 1. The van der Waals surface area contributed by atoms with E-state index >= 15 is 0 Å². The van der Waals surface area contributed by atoms with Gasteiger partial charge in [0.25, 0.3) is 0 Å². The number of carbonyl (C=O) groups is 2. The van der Waals surface area contributed by atoms with E-state index in [1.807, 2.05) is 0 Å². The van der Waals surface area contributed by atoms with Crippen LogP contribution in [0.4, 0.5) is 5.13 Å². The van der Waals surface area contributed by atoms with Crippen molar-refractivity contribution in [2.24, 2.45) is 10.4 Å². The molecule has 0 radical (unpaired) electrons. The van der Waals surface area contributed by atoms with Crippen LogP contribution < -0.4 is 16.1 Å². The zero-order valence-corrected chi connectivity index (χ0v) is 21.4. The minimum atomic E-state index is -0.331. The molecule has 186 valence electrons. The maximum atomic E-state index is 12.1. The molecular formula is C22H37N5O4S2. The zero-order chi connectivity index (χ0) is 24.1. The van der Waals surface area contributed by atoms with Crippen LogP contribution in [0.2, 0.25) is 0 Å². The molecule has 1 aromatic heterocycles. The number of aromatic nitrogens is 1. The van der Waals surface area contributed by atoms with Crippen molar-refractivity contribution >= 4 is 45.9 Å². The Hall–Kier alpha value is -1.69. The fourth-order valence-electron chi connectivity index (χ4n) is 3.10. The number of nitrogens with zero attached hydrogens (tertiary/aromatic N) is 2. The topological polar surface area (TPSA) is 125 Å². The molecular weight excluding hydrogens is 462 g/mol. The summed E-state index contributed by atoms with van der Waals surface area (Å²) in [6.07, 6.45) is 7.29. The second kappa shape index (κ2) is 14.5. The maximum absolute atomic E-state index is 12.1. The van der Waals surface area contributed by atoms with Gasteiger partial charge in [0.1, 0.15) is 6.10 Å². The van der Waals surface area contributed by atoms with Gasteiger partial charge in [-0.1, -0.05) is 44.9 Å². The molecule has 0 fully saturated rings. The molecule has 1 aliphatic rings. The average Bonchev–Trinajstić information content (AvgIpc) is 3.42. The first kappa shape index (κ1) is 27.6. The Morgan fingerprint density at radius 3 is 2.61 bits per heavy atom. The molecule has 1 atom stereocenters. The normalized spacial score (nSPS) is 15.8. The van der Waals surface area contributed by atoms with Crippen molar-refractivity contribution in [2.45, 2.75) is 76.0 Å². The molecule has 2 rings (SSSR count). The predicted molar refractivity (Wildman–Crippen MR) is 133 cm³/mol. The van der Waals surface area contributed by atoms with Crippen LogP contribution in [0.3, 0.4) is 0 Å². The third kappa shape index (κ3) is 11.3. The Bertz CT molecular complexity index is 779.